The molecule has 0 spiro atoms. The predicted octanol–water partition coefficient (Wildman–Crippen LogP) is 2.73. The number of halogens is 1. The molecule has 2 aromatic carbocycles. The maximum absolute atomic E-state index is 13.8. The molecule has 3 aromatic rings. The molecule has 168 valence electrons. The molecule has 1 amide bonds. The van der Waals surface area contributed by atoms with E-state index in [4.69, 9.17) is 15.6 Å². The van der Waals surface area contributed by atoms with E-state index in [2.05, 4.69) is 10.1 Å². The van der Waals surface area contributed by atoms with Crippen molar-refractivity contribution in [2.75, 3.05) is 6.54 Å². The van der Waals surface area contributed by atoms with Crippen molar-refractivity contribution in [2.45, 2.75) is 37.8 Å². The van der Waals surface area contributed by atoms with Crippen LogP contribution in [0.2, 0.25) is 0 Å². The number of aromatic nitrogens is 3. The first-order valence-electron chi connectivity index (χ1n) is 10.4. The molecule has 1 aliphatic rings. The molecule has 32 heavy (non-hydrogen) atoms. The zero-order chi connectivity index (χ0) is 22.9. The van der Waals surface area contributed by atoms with E-state index < -0.39 is 6.04 Å². The fraction of sp³-hybridized carbons (Fsp3) is 0.304. The lowest BCUT2D eigenvalue weighted by molar-refractivity contribution is -0.132. The van der Waals surface area contributed by atoms with Gasteiger partial charge in [0.25, 0.3) is 6.47 Å². The zero-order valence-corrected chi connectivity index (χ0v) is 17.5. The summed E-state index contributed by atoms with van der Waals surface area (Å²) in [7, 11) is 0. The average Bonchev–Trinajstić information content (AvgIpc) is 3.46. The van der Waals surface area contributed by atoms with Crippen molar-refractivity contribution < 1.29 is 19.1 Å². The second-order valence-electron chi connectivity index (χ2n) is 7.49. The molecule has 1 fully saturated rings. The molecule has 1 saturated heterocycles. The van der Waals surface area contributed by atoms with E-state index in [1.54, 1.807) is 29.2 Å². The van der Waals surface area contributed by atoms with Crippen LogP contribution in [0.25, 0.3) is 5.69 Å². The van der Waals surface area contributed by atoms with Crippen molar-refractivity contribution in [2.24, 2.45) is 5.73 Å². The number of rotatable bonds is 6. The van der Waals surface area contributed by atoms with Gasteiger partial charge in [-0.1, -0.05) is 36.4 Å². The maximum Gasteiger partial charge on any atom is 0.290 e. The number of carbonyl (C=O) groups is 2. The number of likely N-dealkylation sites (tertiary alicyclic amines) is 1. The molecule has 9 heteroatoms. The molecule has 0 saturated carbocycles. The Morgan fingerprint density at radius 3 is 2.62 bits per heavy atom. The van der Waals surface area contributed by atoms with Crippen LogP contribution in [0.5, 0.6) is 0 Å². The van der Waals surface area contributed by atoms with Crippen LogP contribution < -0.4 is 5.73 Å². The highest BCUT2D eigenvalue weighted by Crippen LogP contribution is 2.30. The Bertz CT molecular complexity index is 1030. The van der Waals surface area contributed by atoms with Gasteiger partial charge in [0.1, 0.15) is 12.1 Å². The van der Waals surface area contributed by atoms with Gasteiger partial charge in [0.05, 0.1) is 11.7 Å². The third-order valence-electron chi connectivity index (χ3n) is 5.28. The average molecular weight is 439 g/mol. The molecule has 2 heterocycles. The van der Waals surface area contributed by atoms with Gasteiger partial charge < -0.3 is 15.7 Å². The summed E-state index contributed by atoms with van der Waals surface area (Å²) < 4.78 is 15.6. The Morgan fingerprint density at radius 1 is 1.22 bits per heavy atom. The van der Waals surface area contributed by atoms with Crippen LogP contribution in [-0.2, 0) is 16.0 Å². The van der Waals surface area contributed by atoms with Crippen LogP contribution in [0.1, 0.15) is 36.7 Å². The number of amides is 1. The zero-order valence-electron chi connectivity index (χ0n) is 17.5. The van der Waals surface area contributed by atoms with E-state index in [1.807, 2.05) is 35.2 Å². The number of carbonyl (C=O) groups excluding carboxylic acids is 1. The van der Waals surface area contributed by atoms with E-state index in [-0.39, 0.29) is 30.7 Å². The first-order chi connectivity index (χ1) is 15.5. The number of carboxylic acid groups (broad SMARTS) is 1. The minimum absolute atomic E-state index is 0.0348. The summed E-state index contributed by atoms with van der Waals surface area (Å²) in [5.41, 5.74) is 7.62. The van der Waals surface area contributed by atoms with Crippen molar-refractivity contribution in [3.63, 3.8) is 0 Å². The van der Waals surface area contributed by atoms with E-state index in [9.17, 15) is 9.18 Å². The Hall–Kier alpha value is -3.59. The topological polar surface area (TPSA) is 114 Å². The van der Waals surface area contributed by atoms with E-state index in [1.165, 1.54) is 6.07 Å². The molecular formula is C23H26FN5O3. The summed E-state index contributed by atoms with van der Waals surface area (Å²) in [5, 5.41) is 11.5. The summed E-state index contributed by atoms with van der Waals surface area (Å²) in [6.45, 7) is 0.412. The molecule has 0 unspecified atom stereocenters. The second kappa shape index (κ2) is 11.1. The van der Waals surface area contributed by atoms with E-state index >= 15 is 0 Å². The molecule has 8 nitrogen and oxygen atoms in total. The Labute approximate surface area is 185 Å². The molecule has 1 aromatic heterocycles. The second-order valence-corrected chi connectivity index (χ2v) is 7.49. The third-order valence-corrected chi connectivity index (χ3v) is 5.28. The Kier molecular flexibility index (Phi) is 8.04. The number of nitrogens with zero attached hydrogens (tertiary/aromatic N) is 4. The summed E-state index contributed by atoms with van der Waals surface area (Å²) in [6.07, 6.45) is 3.91. The van der Waals surface area contributed by atoms with Crippen LogP contribution in [-0.4, -0.2) is 49.7 Å². The van der Waals surface area contributed by atoms with Crippen molar-refractivity contribution in [1.29, 1.82) is 0 Å². The van der Waals surface area contributed by atoms with Gasteiger partial charge >= 0.3 is 0 Å². The first kappa shape index (κ1) is 23.1. The fourth-order valence-corrected chi connectivity index (χ4v) is 3.83. The quantitative estimate of drug-likeness (QED) is 0.571. The monoisotopic (exact) mass is 439 g/mol. The number of hydrogen-bond donors (Lipinski definition) is 2. The Balaban J connectivity index is 0.000000913. The van der Waals surface area contributed by atoms with Gasteiger partial charge in [0, 0.05) is 19.0 Å². The van der Waals surface area contributed by atoms with Crippen molar-refractivity contribution in [1.82, 2.24) is 19.7 Å². The van der Waals surface area contributed by atoms with Crippen LogP contribution in [0.15, 0.2) is 60.9 Å². The number of hydrogen-bond acceptors (Lipinski definition) is 5. The van der Waals surface area contributed by atoms with Crippen LogP contribution in [0.4, 0.5) is 4.39 Å². The van der Waals surface area contributed by atoms with Gasteiger partial charge in [0.15, 0.2) is 5.82 Å². The third kappa shape index (κ3) is 5.76. The lowest BCUT2D eigenvalue weighted by atomic mass is 10.0. The predicted molar refractivity (Wildman–Crippen MR) is 116 cm³/mol. The number of para-hydroxylation sites is 1. The van der Waals surface area contributed by atoms with Crippen LogP contribution >= 0.6 is 0 Å². The molecule has 0 bridgehead atoms. The summed E-state index contributed by atoms with van der Waals surface area (Å²) in [4.78, 5) is 27.5. The van der Waals surface area contributed by atoms with Crippen LogP contribution in [0, 0.1) is 5.82 Å². The van der Waals surface area contributed by atoms with Crippen LogP contribution in [0.3, 0.4) is 0 Å². The highest BCUT2D eigenvalue weighted by molar-refractivity contribution is 5.77. The summed E-state index contributed by atoms with van der Waals surface area (Å²) in [5.74, 6) is 0.319. The molecular weight excluding hydrogens is 413 g/mol. The molecule has 0 aliphatic carbocycles. The molecule has 4 rings (SSSR count). The van der Waals surface area contributed by atoms with Gasteiger partial charge in [0.2, 0.25) is 5.91 Å². The van der Waals surface area contributed by atoms with Gasteiger partial charge in [-0.3, -0.25) is 9.59 Å². The van der Waals surface area contributed by atoms with Gasteiger partial charge in [-0.15, -0.1) is 5.10 Å². The van der Waals surface area contributed by atoms with E-state index in [0.29, 0.717) is 24.4 Å². The normalized spacial score (nSPS) is 16.2. The fourth-order valence-electron chi connectivity index (χ4n) is 3.83. The Morgan fingerprint density at radius 2 is 1.91 bits per heavy atom. The molecule has 0 radical (unpaired) electrons. The van der Waals surface area contributed by atoms with Gasteiger partial charge in [-0.05, 0) is 43.0 Å². The largest absolute Gasteiger partial charge is 0.483 e. The minimum Gasteiger partial charge on any atom is -0.483 e. The van der Waals surface area contributed by atoms with Crippen molar-refractivity contribution in [3.05, 3.63) is 78.1 Å². The molecule has 2 atom stereocenters. The van der Waals surface area contributed by atoms with Crippen molar-refractivity contribution in [3.8, 4) is 5.69 Å². The lowest BCUT2D eigenvalue weighted by Crippen LogP contribution is -2.36. The molecule has 3 N–H and O–H groups in total. The smallest absolute Gasteiger partial charge is 0.290 e. The summed E-state index contributed by atoms with van der Waals surface area (Å²) >= 11 is 0. The number of benzene rings is 2. The van der Waals surface area contributed by atoms with Crippen molar-refractivity contribution >= 4 is 12.4 Å². The SMILES string of the molecule is N[C@@H](CC(=O)N1CCC[C@H]1c1ncn(-c2ccccc2)n1)Cc1ccccc1F.O=CO. The standard InChI is InChI=1S/C22H24FN5O.CH2O2/c23-19-10-5-4-7-16(19)13-17(24)14-21(29)27-12-6-11-20(27)22-25-15-28(26-22)18-8-2-1-3-9-18;2-1-3/h1-5,7-10,15,17,20H,6,11-14,24H2;1H,(H,2,3)/t17-,20+;/m1./s1. The minimum atomic E-state index is -0.435. The molecule has 1 aliphatic heterocycles. The highest BCUT2D eigenvalue weighted by atomic mass is 19.1. The summed E-state index contributed by atoms with van der Waals surface area (Å²) in [6, 6.07) is 15.7. The first-order valence-corrected chi connectivity index (χ1v) is 10.4. The highest BCUT2D eigenvalue weighted by Gasteiger charge is 2.33. The van der Waals surface area contributed by atoms with Gasteiger partial charge in [-0.2, -0.15) is 0 Å². The number of nitrogens with two attached hydrogens (primary N) is 1. The van der Waals surface area contributed by atoms with E-state index in [0.717, 1.165) is 18.5 Å². The maximum atomic E-state index is 13.8. The lowest BCUT2D eigenvalue weighted by Gasteiger charge is -2.24. The van der Waals surface area contributed by atoms with Gasteiger partial charge in [-0.25, -0.2) is 14.1 Å².